The molecule has 68 valence electrons. The summed E-state index contributed by atoms with van der Waals surface area (Å²) < 4.78 is 1.24. The molecule has 1 N–H and O–H groups in total. The molecule has 1 aliphatic rings. The highest BCUT2D eigenvalue weighted by Crippen LogP contribution is 2.26. The summed E-state index contributed by atoms with van der Waals surface area (Å²) >= 11 is 0. The summed E-state index contributed by atoms with van der Waals surface area (Å²) in [6, 6.07) is 1.19. The lowest BCUT2D eigenvalue weighted by molar-refractivity contribution is 0.249. The molecule has 4 heteroatoms. The van der Waals surface area contributed by atoms with Gasteiger partial charge in [0.15, 0.2) is 5.88 Å². The van der Waals surface area contributed by atoms with Crippen LogP contribution in [-0.2, 0) is 0 Å². The molecule has 0 unspecified atom stereocenters. The fraction of sp³-hybridized carbons (Fsp3) is 0.333. The summed E-state index contributed by atoms with van der Waals surface area (Å²) in [6.07, 6.45) is 0.704. The minimum atomic E-state index is -0.391. The van der Waals surface area contributed by atoms with E-state index < -0.39 is 6.03 Å². The SMILES string of the molecule is CCC1=NC(=O)n2c(O)cc(C)c21. The second-order valence-electron chi connectivity index (χ2n) is 3.06. The molecule has 0 spiro atoms. The van der Waals surface area contributed by atoms with Gasteiger partial charge in [-0.1, -0.05) is 6.92 Å². The smallest absolute Gasteiger partial charge is 0.355 e. The van der Waals surface area contributed by atoms with E-state index >= 15 is 0 Å². The highest BCUT2D eigenvalue weighted by Gasteiger charge is 2.26. The number of carbonyl (C=O) groups excluding carboxylic acids is 1. The zero-order valence-electron chi connectivity index (χ0n) is 7.53. The van der Waals surface area contributed by atoms with Crippen molar-refractivity contribution in [3.05, 3.63) is 17.3 Å². The summed E-state index contributed by atoms with van der Waals surface area (Å²) in [6.45, 7) is 3.79. The van der Waals surface area contributed by atoms with Gasteiger partial charge in [-0.25, -0.2) is 9.36 Å². The monoisotopic (exact) mass is 178 g/mol. The van der Waals surface area contributed by atoms with Crippen molar-refractivity contribution in [2.24, 2.45) is 4.99 Å². The van der Waals surface area contributed by atoms with Crippen LogP contribution >= 0.6 is 0 Å². The van der Waals surface area contributed by atoms with Gasteiger partial charge >= 0.3 is 6.03 Å². The number of nitrogens with zero attached hydrogens (tertiary/aromatic N) is 2. The second-order valence-corrected chi connectivity index (χ2v) is 3.06. The van der Waals surface area contributed by atoms with E-state index in [1.54, 1.807) is 6.07 Å². The summed E-state index contributed by atoms with van der Waals surface area (Å²) in [4.78, 5) is 15.1. The maximum absolute atomic E-state index is 11.3. The molecule has 0 aromatic carbocycles. The maximum atomic E-state index is 11.3. The molecule has 0 fully saturated rings. The lowest BCUT2D eigenvalue weighted by Crippen LogP contribution is -2.03. The van der Waals surface area contributed by atoms with Crippen LogP contribution in [0.1, 0.15) is 24.6 Å². The molecule has 1 aromatic rings. The fourth-order valence-corrected chi connectivity index (χ4v) is 1.63. The number of aryl methyl sites for hydroxylation is 1. The Morgan fingerprint density at radius 3 is 2.92 bits per heavy atom. The zero-order chi connectivity index (χ0) is 9.59. The van der Waals surface area contributed by atoms with E-state index in [-0.39, 0.29) is 5.88 Å². The Morgan fingerprint density at radius 1 is 1.62 bits per heavy atom. The molecular weight excluding hydrogens is 168 g/mol. The topological polar surface area (TPSA) is 54.6 Å². The Labute approximate surface area is 75.5 Å². The van der Waals surface area contributed by atoms with Crippen LogP contribution in [0.5, 0.6) is 5.88 Å². The minimum absolute atomic E-state index is 0.0234. The Morgan fingerprint density at radius 2 is 2.31 bits per heavy atom. The van der Waals surface area contributed by atoms with Gasteiger partial charge in [0.2, 0.25) is 0 Å². The number of aliphatic imine (C=N–C) groups is 1. The largest absolute Gasteiger partial charge is 0.494 e. The fourth-order valence-electron chi connectivity index (χ4n) is 1.63. The standard InChI is InChI=1S/C9H10N2O2/c1-3-6-8-5(2)4-7(12)11(8)9(13)10-6/h4,12H,3H2,1-2H3. The van der Waals surface area contributed by atoms with Gasteiger partial charge < -0.3 is 5.11 Å². The summed E-state index contributed by atoms with van der Waals surface area (Å²) in [5, 5.41) is 9.40. The molecule has 0 saturated heterocycles. The van der Waals surface area contributed by atoms with E-state index in [2.05, 4.69) is 4.99 Å². The maximum Gasteiger partial charge on any atom is 0.355 e. The molecule has 2 rings (SSSR count). The van der Waals surface area contributed by atoms with Gasteiger partial charge in [-0.3, -0.25) is 0 Å². The van der Waals surface area contributed by atoms with Crippen LogP contribution < -0.4 is 0 Å². The van der Waals surface area contributed by atoms with Gasteiger partial charge in [-0.2, -0.15) is 4.99 Å². The van der Waals surface area contributed by atoms with E-state index in [0.29, 0.717) is 6.42 Å². The molecule has 0 aliphatic carbocycles. The van der Waals surface area contributed by atoms with E-state index in [0.717, 1.165) is 17.0 Å². The quantitative estimate of drug-likeness (QED) is 0.711. The lowest BCUT2D eigenvalue weighted by atomic mass is 10.1. The van der Waals surface area contributed by atoms with E-state index in [1.165, 1.54) is 4.57 Å². The molecule has 0 radical (unpaired) electrons. The Hall–Kier alpha value is -1.58. The van der Waals surface area contributed by atoms with Crippen LogP contribution in [0.15, 0.2) is 11.1 Å². The number of hydrogen-bond acceptors (Lipinski definition) is 2. The molecule has 0 atom stereocenters. The van der Waals surface area contributed by atoms with E-state index in [1.807, 2.05) is 13.8 Å². The van der Waals surface area contributed by atoms with Crippen molar-refractivity contribution >= 4 is 11.7 Å². The van der Waals surface area contributed by atoms with Crippen molar-refractivity contribution in [3.63, 3.8) is 0 Å². The molecule has 2 heterocycles. The average Bonchev–Trinajstić information content (AvgIpc) is 2.54. The number of fused-ring (bicyclic) bond motifs is 1. The summed E-state index contributed by atoms with van der Waals surface area (Å²) in [5.74, 6) is -0.0234. The molecular formula is C9H10N2O2. The number of amides is 1. The van der Waals surface area contributed by atoms with Gasteiger partial charge in [-0.05, 0) is 18.9 Å². The number of rotatable bonds is 1. The third-order valence-corrected chi connectivity index (χ3v) is 2.20. The molecule has 1 aromatic heterocycles. The number of aromatic nitrogens is 1. The minimum Gasteiger partial charge on any atom is -0.494 e. The zero-order valence-corrected chi connectivity index (χ0v) is 7.53. The summed E-state index contributed by atoms with van der Waals surface area (Å²) in [5.41, 5.74) is 2.40. The van der Waals surface area contributed by atoms with Crippen LogP contribution in [0.4, 0.5) is 4.79 Å². The summed E-state index contributed by atoms with van der Waals surface area (Å²) in [7, 11) is 0. The Bertz CT molecular complexity index is 415. The first-order chi connectivity index (χ1) is 6.15. The average molecular weight is 178 g/mol. The Balaban J connectivity index is 2.69. The van der Waals surface area contributed by atoms with Crippen LogP contribution in [0.25, 0.3) is 0 Å². The van der Waals surface area contributed by atoms with E-state index in [9.17, 15) is 9.90 Å². The first-order valence-electron chi connectivity index (χ1n) is 4.18. The molecule has 1 aliphatic heterocycles. The van der Waals surface area contributed by atoms with Gasteiger partial charge in [0.05, 0.1) is 11.4 Å². The van der Waals surface area contributed by atoms with Crippen LogP contribution in [0, 0.1) is 6.92 Å². The first kappa shape index (κ1) is 8.04. The Kier molecular flexibility index (Phi) is 1.52. The second kappa shape index (κ2) is 2.45. The lowest BCUT2D eigenvalue weighted by Gasteiger charge is -1.97. The van der Waals surface area contributed by atoms with Gasteiger partial charge in [0, 0.05) is 6.07 Å². The van der Waals surface area contributed by atoms with E-state index in [4.69, 9.17) is 0 Å². The van der Waals surface area contributed by atoms with Crippen molar-refractivity contribution in [3.8, 4) is 5.88 Å². The van der Waals surface area contributed by atoms with Crippen molar-refractivity contribution in [1.29, 1.82) is 0 Å². The number of aromatic hydroxyl groups is 1. The molecule has 13 heavy (non-hydrogen) atoms. The molecule has 1 amide bonds. The van der Waals surface area contributed by atoms with Crippen LogP contribution in [0.3, 0.4) is 0 Å². The number of carbonyl (C=O) groups is 1. The molecule has 0 bridgehead atoms. The third-order valence-electron chi connectivity index (χ3n) is 2.20. The molecule has 0 saturated carbocycles. The predicted octanol–water partition coefficient (Wildman–Crippen LogP) is 1.68. The predicted molar refractivity (Wildman–Crippen MR) is 48.5 cm³/mol. The van der Waals surface area contributed by atoms with Gasteiger partial charge in [0.1, 0.15) is 0 Å². The van der Waals surface area contributed by atoms with Crippen molar-refractivity contribution in [2.45, 2.75) is 20.3 Å². The third kappa shape index (κ3) is 0.915. The highest BCUT2D eigenvalue weighted by atomic mass is 16.3. The van der Waals surface area contributed by atoms with Gasteiger partial charge in [0.25, 0.3) is 0 Å². The van der Waals surface area contributed by atoms with Crippen LogP contribution in [0.2, 0.25) is 0 Å². The van der Waals surface area contributed by atoms with Crippen molar-refractivity contribution in [2.75, 3.05) is 0 Å². The van der Waals surface area contributed by atoms with Crippen LogP contribution in [-0.4, -0.2) is 21.4 Å². The highest BCUT2D eigenvalue weighted by molar-refractivity contribution is 6.13. The van der Waals surface area contributed by atoms with Gasteiger partial charge in [-0.15, -0.1) is 0 Å². The van der Waals surface area contributed by atoms with Crippen molar-refractivity contribution < 1.29 is 9.90 Å². The molecule has 4 nitrogen and oxygen atoms in total. The van der Waals surface area contributed by atoms with Crippen molar-refractivity contribution in [1.82, 2.24) is 4.57 Å². The normalized spacial score (nSPS) is 14.6. The number of hydrogen-bond donors (Lipinski definition) is 1. The first-order valence-corrected chi connectivity index (χ1v) is 4.18.